The molecule has 0 spiro atoms. The minimum Gasteiger partial charge on any atom is -0.495 e. The lowest BCUT2D eigenvalue weighted by atomic mass is 10.2. The molecule has 0 saturated carbocycles. The van der Waals surface area contributed by atoms with E-state index in [2.05, 4.69) is 17.6 Å². The Morgan fingerprint density at radius 2 is 2.16 bits per heavy atom. The van der Waals surface area contributed by atoms with E-state index in [-0.39, 0.29) is 0 Å². The maximum Gasteiger partial charge on any atom is 0.217 e. The van der Waals surface area contributed by atoms with Crippen LogP contribution in [-0.2, 0) is 4.74 Å². The Hall–Kier alpha value is -2.67. The van der Waals surface area contributed by atoms with Gasteiger partial charge in [-0.25, -0.2) is 4.68 Å². The SMILES string of the molecule is C#Cc1cccc(-n2nc(C(=C)OC)cc2OC)c1. The number of ether oxygens (including phenoxy) is 2. The second-order valence-corrected chi connectivity index (χ2v) is 3.81. The molecule has 0 atom stereocenters. The smallest absolute Gasteiger partial charge is 0.217 e. The Morgan fingerprint density at radius 3 is 2.79 bits per heavy atom. The van der Waals surface area contributed by atoms with Gasteiger partial charge in [0.15, 0.2) is 0 Å². The first-order valence-corrected chi connectivity index (χ1v) is 5.64. The molecule has 4 nitrogen and oxygen atoms in total. The minimum atomic E-state index is 0.477. The first-order valence-electron chi connectivity index (χ1n) is 5.64. The number of rotatable bonds is 4. The molecule has 0 bridgehead atoms. The third kappa shape index (κ3) is 2.45. The molecular weight excluding hydrogens is 240 g/mol. The lowest BCUT2D eigenvalue weighted by Gasteiger charge is -2.06. The minimum absolute atomic E-state index is 0.477. The highest BCUT2D eigenvalue weighted by Crippen LogP contribution is 2.23. The van der Waals surface area contributed by atoms with Crippen LogP contribution in [0.5, 0.6) is 5.88 Å². The monoisotopic (exact) mass is 254 g/mol. The van der Waals surface area contributed by atoms with Gasteiger partial charge in [-0.05, 0) is 18.2 Å². The predicted octanol–water partition coefficient (Wildman–Crippen LogP) is 2.48. The molecule has 0 aliphatic carbocycles. The van der Waals surface area contributed by atoms with E-state index in [0.717, 1.165) is 11.3 Å². The molecule has 2 aromatic rings. The summed E-state index contributed by atoms with van der Waals surface area (Å²) in [6.07, 6.45) is 5.40. The van der Waals surface area contributed by atoms with Crippen LogP contribution in [0.2, 0.25) is 0 Å². The summed E-state index contributed by atoms with van der Waals surface area (Å²) in [5.41, 5.74) is 2.22. The fraction of sp³-hybridized carbons (Fsp3) is 0.133. The Bertz CT molecular complexity index is 650. The number of hydrogen-bond acceptors (Lipinski definition) is 3. The second-order valence-electron chi connectivity index (χ2n) is 3.81. The van der Waals surface area contributed by atoms with Gasteiger partial charge in [0.25, 0.3) is 0 Å². The van der Waals surface area contributed by atoms with Crippen molar-refractivity contribution in [3.8, 4) is 23.9 Å². The number of methoxy groups -OCH3 is 2. The zero-order chi connectivity index (χ0) is 13.8. The fourth-order valence-corrected chi connectivity index (χ4v) is 1.66. The van der Waals surface area contributed by atoms with E-state index in [1.807, 2.05) is 24.3 Å². The highest BCUT2D eigenvalue weighted by atomic mass is 16.5. The normalized spacial score (nSPS) is 9.74. The van der Waals surface area contributed by atoms with Crippen LogP contribution in [0.25, 0.3) is 11.4 Å². The summed E-state index contributed by atoms with van der Waals surface area (Å²) in [5, 5.41) is 4.40. The highest BCUT2D eigenvalue weighted by Gasteiger charge is 2.12. The molecule has 96 valence electrons. The topological polar surface area (TPSA) is 36.3 Å². The van der Waals surface area contributed by atoms with Gasteiger partial charge >= 0.3 is 0 Å². The maximum absolute atomic E-state index is 5.40. The largest absolute Gasteiger partial charge is 0.495 e. The summed E-state index contributed by atoms with van der Waals surface area (Å²) in [7, 11) is 3.13. The zero-order valence-corrected chi connectivity index (χ0v) is 10.9. The molecule has 0 amide bonds. The van der Waals surface area contributed by atoms with Crippen molar-refractivity contribution >= 4 is 5.76 Å². The van der Waals surface area contributed by atoms with Crippen LogP contribution in [0, 0.1) is 12.3 Å². The quantitative estimate of drug-likeness (QED) is 0.621. The van der Waals surface area contributed by atoms with E-state index < -0.39 is 0 Å². The Morgan fingerprint density at radius 1 is 1.37 bits per heavy atom. The Labute approximate surface area is 112 Å². The van der Waals surface area contributed by atoms with Gasteiger partial charge in [-0.1, -0.05) is 18.6 Å². The highest BCUT2D eigenvalue weighted by molar-refractivity contribution is 5.56. The standard InChI is InChI=1S/C15H14N2O2/c1-5-12-7-6-8-13(9-12)17-15(19-4)10-14(16-17)11(2)18-3/h1,6-10H,2H2,3-4H3. The van der Waals surface area contributed by atoms with Crippen molar-refractivity contribution in [3.05, 3.63) is 48.2 Å². The first kappa shape index (κ1) is 12.8. The lowest BCUT2D eigenvalue weighted by Crippen LogP contribution is -2.00. The molecule has 19 heavy (non-hydrogen) atoms. The molecule has 0 aliphatic heterocycles. The molecule has 4 heteroatoms. The third-order valence-corrected chi connectivity index (χ3v) is 2.68. The fourth-order valence-electron chi connectivity index (χ4n) is 1.66. The summed E-state index contributed by atoms with van der Waals surface area (Å²) in [4.78, 5) is 0. The Balaban J connectivity index is 2.51. The molecule has 0 N–H and O–H groups in total. The van der Waals surface area contributed by atoms with Crippen LogP contribution < -0.4 is 4.74 Å². The van der Waals surface area contributed by atoms with E-state index in [0.29, 0.717) is 17.3 Å². The molecule has 0 fully saturated rings. The third-order valence-electron chi connectivity index (χ3n) is 2.68. The van der Waals surface area contributed by atoms with Gasteiger partial charge in [-0.15, -0.1) is 6.42 Å². The molecule has 0 saturated heterocycles. The van der Waals surface area contributed by atoms with Gasteiger partial charge in [-0.3, -0.25) is 0 Å². The summed E-state index contributed by atoms with van der Waals surface area (Å²) in [6.45, 7) is 3.77. The summed E-state index contributed by atoms with van der Waals surface area (Å²) in [6, 6.07) is 9.24. The maximum atomic E-state index is 5.40. The van der Waals surface area contributed by atoms with Gasteiger partial charge < -0.3 is 9.47 Å². The van der Waals surface area contributed by atoms with Crippen molar-refractivity contribution in [2.45, 2.75) is 0 Å². The van der Waals surface area contributed by atoms with Crippen molar-refractivity contribution in [1.82, 2.24) is 9.78 Å². The molecule has 1 aromatic heterocycles. The van der Waals surface area contributed by atoms with E-state index in [9.17, 15) is 0 Å². The van der Waals surface area contributed by atoms with Gasteiger partial charge in [0, 0.05) is 11.6 Å². The average Bonchev–Trinajstić information content (AvgIpc) is 2.90. The van der Waals surface area contributed by atoms with E-state index >= 15 is 0 Å². The van der Waals surface area contributed by atoms with Crippen molar-refractivity contribution in [2.75, 3.05) is 14.2 Å². The molecular formula is C15H14N2O2. The van der Waals surface area contributed by atoms with Crippen LogP contribution in [0.4, 0.5) is 0 Å². The number of terminal acetylenes is 1. The summed E-state index contributed by atoms with van der Waals surface area (Å²) in [5.74, 6) is 3.65. The number of aromatic nitrogens is 2. The van der Waals surface area contributed by atoms with Crippen LogP contribution in [0.3, 0.4) is 0 Å². The van der Waals surface area contributed by atoms with Gasteiger partial charge in [0.2, 0.25) is 5.88 Å². The molecule has 0 unspecified atom stereocenters. The molecule has 0 aliphatic rings. The molecule has 1 aromatic carbocycles. The van der Waals surface area contributed by atoms with Gasteiger partial charge in [-0.2, -0.15) is 5.10 Å². The summed E-state index contributed by atoms with van der Waals surface area (Å²) < 4.78 is 12.0. The lowest BCUT2D eigenvalue weighted by molar-refractivity contribution is 0.369. The van der Waals surface area contributed by atoms with Crippen molar-refractivity contribution in [2.24, 2.45) is 0 Å². The van der Waals surface area contributed by atoms with Crippen LogP contribution >= 0.6 is 0 Å². The first-order chi connectivity index (χ1) is 9.19. The van der Waals surface area contributed by atoms with Crippen molar-refractivity contribution in [1.29, 1.82) is 0 Å². The van der Waals surface area contributed by atoms with Crippen molar-refractivity contribution < 1.29 is 9.47 Å². The second kappa shape index (κ2) is 5.32. The zero-order valence-electron chi connectivity index (χ0n) is 10.9. The van der Waals surface area contributed by atoms with E-state index in [4.69, 9.17) is 15.9 Å². The van der Waals surface area contributed by atoms with Crippen LogP contribution in [0.15, 0.2) is 36.9 Å². The van der Waals surface area contributed by atoms with E-state index in [1.54, 1.807) is 25.0 Å². The van der Waals surface area contributed by atoms with Gasteiger partial charge in [0.05, 0.1) is 19.9 Å². The number of hydrogen-bond donors (Lipinski definition) is 0. The molecule has 1 heterocycles. The molecule has 2 rings (SSSR count). The predicted molar refractivity (Wildman–Crippen MR) is 74.1 cm³/mol. The number of benzene rings is 1. The summed E-state index contributed by atoms with van der Waals surface area (Å²) >= 11 is 0. The average molecular weight is 254 g/mol. The van der Waals surface area contributed by atoms with Gasteiger partial charge in [0.1, 0.15) is 11.5 Å². The van der Waals surface area contributed by atoms with Crippen molar-refractivity contribution in [3.63, 3.8) is 0 Å². The van der Waals surface area contributed by atoms with Crippen LogP contribution in [0.1, 0.15) is 11.3 Å². The Kier molecular flexibility index (Phi) is 3.58. The van der Waals surface area contributed by atoms with E-state index in [1.165, 1.54) is 0 Å². The van der Waals surface area contributed by atoms with Crippen LogP contribution in [-0.4, -0.2) is 24.0 Å². The number of nitrogens with zero attached hydrogens (tertiary/aromatic N) is 2. The molecule has 0 radical (unpaired) electrons.